The number of carbonyl (C=O) groups is 1. The predicted octanol–water partition coefficient (Wildman–Crippen LogP) is 2.65. The fourth-order valence-corrected chi connectivity index (χ4v) is 3.15. The van der Waals surface area contributed by atoms with Crippen molar-refractivity contribution in [3.63, 3.8) is 0 Å². The Labute approximate surface area is 165 Å². The van der Waals surface area contributed by atoms with Gasteiger partial charge >= 0.3 is 17.0 Å². The number of sulfonamides is 2. The molecule has 0 aliphatic rings. The highest BCUT2D eigenvalue weighted by Gasteiger charge is 2.46. The monoisotopic (exact) mass is 480 g/mol. The average Bonchev–Trinajstić information content (AvgIpc) is 2.43. The summed E-state index contributed by atoms with van der Waals surface area (Å²) in [6.07, 6.45) is 1.14. The zero-order valence-corrected chi connectivity index (χ0v) is 17.6. The van der Waals surface area contributed by atoms with Crippen LogP contribution in [0.2, 0.25) is 0 Å². The lowest BCUT2D eigenvalue weighted by molar-refractivity contribution is -0.890. The van der Waals surface area contributed by atoms with Gasteiger partial charge in [-0.05, 0) is 13.3 Å². The Morgan fingerprint density at radius 1 is 0.966 bits per heavy atom. The maximum atomic E-state index is 11.4. The molecule has 8 nitrogen and oxygen atoms in total. The molecule has 0 rings (SSSR count). The van der Waals surface area contributed by atoms with Gasteiger partial charge in [0.2, 0.25) is 0 Å². The Morgan fingerprint density at radius 2 is 1.34 bits per heavy atom. The van der Waals surface area contributed by atoms with Gasteiger partial charge in [0.05, 0.1) is 20.6 Å². The number of hydrogen-bond acceptors (Lipinski definition) is 6. The lowest BCUT2D eigenvalue weighted by Gasteiger charge is -2.28. The van der Waals surface area contributed by atoms with Crippen molar-refractivity contribution in [1.82, 2.24) is 0 Å². The second kappa shape index (κ2) is 10.6. The van der Waals surface area contributed by atoms with E-state index in [2.05, 4.69) is 27.6 Å². The smallest absolute Gasteiger partial charge is 0.456 e. The van der Waals surface area contributed by atoms with E-state index < -0.39 is 31.1 Å². The van der Waals surface area contributed by atoms with Crippen LogP contribution in [-0.2, 0) is 29.6 Å². The number of halogens is 6. The van der Waals surface area contributed by atoms with Crippen molar-refractivity contribution in [2.75, 3.05) is 33.8 Å². The van der Waals surface area contributed by atoms with Crippen LogP contribution in [0.15, 0.2) is 12.2 Å². The molecule has 16 heteroatoms. The molecule has 0 spiro atoms. The minimum atomic E-state index is -6.72. The van der Waals surface area contributed by atoms with E-state index in [0.29, 0.717) is 12.2 Å². The lowest BCUT2D eigenvalue weighted by atomic mass is 10.3. The molecular formula is C13H22F6N2O6S2. The van der Waals surface area contributed by atoms with E-state index in [1.54, 1.807) is 6.92 Å². The van der Waals surface area contributed by atoms with Crippen LogP contribution >= 0.6 is 0 Å². The molecule has 0 saturated heterocycles. The molecule has 0 bridgehead atoms. The molecule has 0 saturated carbocycles. The summed E-state index contributed by atoms with van der Waals surface area (Å²) in [6, 6.07) is 0. The predicted molar refractivity (Wildman–Crippen MR) is 91.2 cm³/mol. The molecule has 0 heterocycles. The Morgan fingerprint density at radius 3 is 1.62 bits per heavy atom. The zero-order chi connectivity index (χ0) is 23.9. The van der Waals surface area contributed by atoms with E-state index in [0.717, 1.165) is 28.1 Å². The summed E-state index contributed by atoms with van der Waals surface area (Å²) in [5.41, 5.74) is -11.9. The van der Waals surface area contributed by atoms with Crippen LogP contribution < -0.4 is 0 Å². The summed E-state index contributed by atoms with van der Waals surface area (Å²) in [7, 11) is -9.17. The first-order valence-corrected chi connectivity index (χ1v) is 10.5. The van der Waals surface area contributed by atoms with Gasteiger partial charge in [0, 0.05) is 5.57 Å². The van der Waals surface area contributed by atoms with Gasteiger partial charge < -0.3 is 13.3 Å². The molecule has 0 aliphatic carbocycles. The fraction of sp³-hybridized carbons (Fsp3) is 0.769. The minimum absolute atomic E-state index is 0.290. The summed E-state index contributed by atoms with van der Waals surface area (Å²) in [6.45, 7) is 9.77. The van der Waals surface area contributed by atoms with E-state index in [1.165, 1.54) is 0 Å². The highest BCUT2D eigenvalue weighted by molar-refractivity contribution is 8.13. The van der Waals surface area contributed by atoms with Gasteiger partial charge in [-0.15, -0.1) is 0 Å². The maximum Gasteiger partial charge on any atom is 0.480 e. The van der Waals surface area contributed by atoms with E-state index in [4.69, 9.17) is 4.74 Å². The van der Waals surface area contributed by atoms with Gasteiger partial charge in [-0.25, -0.2) is 21.6 Å². The second-order valence-corrected chi connectivity index (χ2v) is 9.64. The van der Waals surface area contributed by atoms with Crippen molar-refractivity contribution in [3.8, 4) is 0 Å². The summed E-state index contributed by atoms with van der Waals surface area (Å²) >= 11 is 0. The molecular weight excluding hydrogens is 458 g/mol. The molecule has 29 heavy (non-hydrogen) atoms. The first-order chi connectivity index (χ1) is 12.6. The fourth-order valence-electron chi connectivity index (χ4n) is 1.44. The number of quaternary nitrogens is 1. The molecule has 0 aromatic carbocycles. The van der Waals surface area contributed by atoms with E-state index in [-0.39, 0.29) is 5.97 Å². The molecule has 0 unspecified atom stereocenters. The maximum absolute atomic E-state index is 11.4. The zero-order valence-electron chi connectivity index (χ0n) is 16.0. The van der Waals surface area contributed by atoms with Gasteiger partial charge in [-0.3, -0.25) is 0 Å². The summed E-state index contributed by atoms with van der Waals surface area (Å²) in [5, 5.41) is 0. The quantitative estimate of drug-likeness (QED) is 0.229. The number of esters is 1. The van der Waals surface area contributed by atoms with Crippen LogP contribution in [0.5, 0.6) is 0 Å². The second-order valence-electron chi connectivity index (χ2n) is 6.22. The van der Waals surface area contributed by atoms with Crippen LogP contribution in [0.4, 0.5) is 26.3 Å². The standard InChI is InChI=1S/C11H22NO2.C2F6NO4S2/c1-6-7-12(4,5)8-9-14-11(13)10(2)3;3-1(4,5)14(10,11)9-15(12,13)2(6,7)8/h2,6-9H2,1,3-5H3;/q+1;-1. The molecule has 0 aromatic heterocycles. The summed E-state index contributed by atoms with van der Waals surface area (Å²) in [4.78, 5) is 11.1. The van der Waals surface area contributed by atoms with Gasteiger partial charge in [0.1, 0.15) is 13.2 Å². The number of hydrogen-bond donors (Lipinski definition) is 0. The van der Waals surface area contributed by atoms with Crippen LogP contribution in [0.3, 0.4) is 0 Å². The Balaban J connectivity index is 0. The Hall–Kier alpha value is -1.39. The van der Waals surface area contributed by atoms with Gasteiger partial charge in [0.15, 0.2) is 20.0 Å². The van der Waals surface area contributed by atoms with Crippen molar-refractivity contribution >= 4 is 26.0 Å². The van der Waals surface area contributed by atoms with Crippen LogP contribution in [-0.4, -0.2) is 72.1 Å². The minimum Gasteiger partial charge on any atom is -0.456 e. The Kier molecular flexibility index (Phi) is 10.9. The third-order valence-electron chi connectivity index (χ3n) is 2.89. The van der Waals surface area contributed by atoms with E-state index >= 15 is 0 Å². The lowest BCUT2D eigenvalue weighted by Crippen LogP contribution is -2.43. The van der Waals surface area contributed by atoms with Crippen molar-refractivity contribution in [2.24, 2.45) is 0 Å². The first-order valence-electron chi connectivity index (χ1n) is 7.61. The van der Waals surface area contributed by atoms with Crippen LogP contribution in [0, 0.1) is 0 Å². The van der Waals surface area contributed by atoms with Crippen LogP contribution in [0.1, 0.15) is 20.3 Å². The molecule has 0 amide bonds. The summed E-state index contributed by atoms with van der Waals surface area (Å²) in [5.74, 6) is -0.290. The largest absolute Gasteiger partial charge is 0.480 e. The van der Waals surface area contributed by atoms with Crippen molar-refractivity contribution in [1.29, 1.82) is 0 Å². The SMILES string of the molecule is C=C(C)C(=O)OCC[N+](C)(C)CCC.O=S(=O)([N-]S(=O)(=O)C(F)(F)F)C(F)(F)F. The summed E-state index contributed by atoms with van der Waals surface area (Å²) < 4.78 is 115. The highest BCUT2D eigenvalue weighted by Crippen LogP contribution is 2.36. The number of ether oxygens (including phenoxy) is 1. The number of carbonyl (C=O) groups excluding carboxylic acids is 1. The molecule has 0 N–H and O–H groups in total. The van der Waals surface area contributed by atoms with E-state index in [9.17, 15) is 48.0 Å². The molecule has 0 fully saturated rings. The normalized spacial score (nSPS) is 13.3. The molecule has 0 aliphatic heterocycles. The molecule has 0 radical (unpaired) electrons. The van der Waals surface area contributed by atoms with Gasteiger partial charge in [-0.2, -0.15) is 26.3 Å². The molecule has 174 valence electrons. The number of alkyl halides is 6. The highest BCUT2D eigenvalue weighted by atomic mass is 32.3. The van der Waals surface area contributed by atoms with Gasteiger partial charge in [0.25, 0.3) is 0 Å². The third-order valence-corrected chi connectivity index (χ3v) is 5.63. The van der Waals surface area contributed by atoms with Crippen molar-refractivity contribution < 1.29 is 57.2 Å². The first kappa shape index (κ1) is 29.8. The topological polar surface area (TPSA) is 109 Å². The van der Waals surface area contributed by atoms with Crippen molar-refractivity contribution in [2.45, 2.75) is 31.3 Å². The average molecular weight is 480 g/mol. The Bertz CT molecular complexity index is 731. The third kappa shape index (κ3) is 11.4. The number of nitrogens with zero attached hydrogens (tertiary/aromatic N) is 2. The number of likely N-dealkylation sites (N-methyl/N-ethyl adjacent to an activating group) is 1. The molecule has 0 atom stereocenters. The van der Waals surface area contributed by atoms with Crippen molar-refractivity contribution in [3.05, 3.63) is 16.3 Å². The van der Waals surface area contributed by atoms with Gasteiger partial charge in [-0.1, -0.05) is 13.5 Å². The van der Waals surface area contributed by atoms with E-state index in [1.807, 2.05) is 0 Å². The molecule has 0 aromatic rings. The number of rotatable bonds is 8. The van der Waals surface area contributed by atoms with Crippen LogP contribution in [0.25, 0.3) is 4.13 Å².